The largest absolute Gasteiger partial charge is 0.328 e. The molecule has 0 spiro atoms. The van der Waals surface area contributed by atoms with Crippen molar-refractivity contribution >= 4 is 27.4 Å². The van der Waals surface area contributed by atoms with Gasteiger partial charge in [-0.2, -0.15) is 0 Å². The monoisotopic (exact) mass is 412 g/mol. The van der Waals surface area contributed by atoms with Gasteiger partial charge in [-0.1, -0.05) is 42.5 Å². The molecule has 1 aliphatic heterocycles. The van der Waals surface area contributed by atoms with E-state index < -0.39 is 0 Å². The summed E-state index contributed by atoms with van der Waals surface area (Å²) in [5.74, 6) is 0. The van der Waals surface area contributed by atoms with Crippen molar-refractivity contribution < 1.29 is 0 Å². The highest BCUT2D eigenvalue weighted by atomic mass is 16.2. The Balaban J connectivity index is 1.23. The molecule has 0 saturated carbocycles. The number of H-pyrrole nitrogens is 1. The van der Waals surface area contributed by atoms with Gasteiger partial charge in [-0.15, -0.1) is 0 Å². The Morgan fingerprint density at radius 2 is 1.77 bits per heavy atom. The number of fused-ring (bicyclic) bond motifs is 2. The van der Waals surface area contributed by atoms with Gasteiger partial charge >= 0.3 is 5.69 Å². The van der Waals surface area contributed by atoms with Crippen molar-refractivity contribution in [2.45, 2.75) is 19.4 Å². The number of hydrogen-bond donors (Lipinski definition) is 1. The predicted octanol–water partition coefficient (Wildman–Crippen LogP) is 3.42. The molecule has 1 aliphatic rings. The van der Waals surface area contributed by atoms with E-state index in [1.807, 2.05) is 30.3 Å². The summed E-state index contributed by atoms with van der Waals surface area (Å²) >= 11 is 0. The number of pyridine rings is 1. The minimum Gasteiger partial charge on any atom is -0.307 e. The Labute approximate surface area is 179 Å². The Morgan fingerprint density at radius 1 is 0.935 bits per heavy atom. The summed E-state index contributed by atoms with van der Waals surface area (Å²) in [5.41, 5.74) is 3.38. The zero-order chi connectivity index (χ0) is 21.2. The quantitative estimate of drug-likeness (QED) is 0.545. The number of aromatic nitrogens is 3. The fourth-order valence-electron chi connectivity index (χ4n) is 4.25. The lowest BCUT2D eigenvalue weighted by Gasteiger charge is -2.26. The van der Waals surface area contributed by atoms with Crippen molar-refractivity contribution in [2.24, 2.45) is 0 Å². The van der Waals surface area contributed by atoms with Crippen LogP contribution in [0, 0.1) is 0 Å². The molecule has 0 atom stereocenters. The second kappa shape index (κ2) is 8.32. The molecule has 0 fully saturated rings. The van der Waals surface area contributed by atoms with Gasteiger partial charge in [0.1, 0.15) is 0 Å². The fourth-order valence-corrected chi connectivity index (χ4v) is 4.25. The molecule has 31 heavy (non-hydrogen) atoms. The van der Waals surface area contributed by atoms with E-state index in [-0.39, 0.29) is 11.2 Å². The van der Waals surface area contributed by atoms with Crippen LogP contribution in [0.5, 0.6) is 0 Å². The summed E-state index contributed by atoms with van der Waals surface area (Å²) in [6, 6.07) is 19.5. The van der Waals surface area contributed by atoms with Crippen LogP contribution in [-0.4, -0.2) is 39.1 Å². The van der Waals surface area contributed by atoms with Crippen molar-refractivity contribution in [2.75, 3.05) is 19.6 Å². The first-order chi connectivity index (χ1) is 15.2. The molecule has 0 amide bonds. The molecule has 5 rings (SSSR count). The normalized spacial score (nSPS) is 14.8. The Hall–Kier alpha value is -3.51. The number of hydrogen-bond acceptors (Lipinski definition) is 4. The van der Waals surface area contributed by atoms with Crippen LogP contribution in [0.25, 0.3) is 27.4 Å². The molecule has 0 saturated heterocycles. The maximum Gasteiger partial charge on any atom is 0.328 e. The van der Waals surface area contributed by atoms with Gasteiger partial charge < -0.3 is 4.98 Å². The minimum absolute atomic E-state index is 0.220. The molecule has 1 N–H and O–H groups in total. The van der Waals surface area contributed by atoms with Crippen LogP contribution in [0.3, 0.4) is 0 Å². The highest BCUT2D eigenvalue weighted by molar-refractivity contribution is 5.81. The van der Waals surface area contributed by atoms with E-state index in [0.29, 0.717) is 17.4 Å². The van der Waals surface area contributed by atoms with Crippen molar-refractivity contribution in [3.8, 4) is 0 Å². The molecular formula is C25H24N4O2. The number of nitrogens with one attached hydrogen (secondary N) is 1. The molecule has 0 aliphatic carbocycles. The Kier molecular flexibility index (Phi) is 5.22. The van der Waals surface area contributed by atoms with Gasteiger partial charge in [-0.25, -0.2) is 9.78 Å². The van der Waals surface area contributed by atoms with Crippen LogP contribution in [-0.2, 0) is 6.54 Å². The lowest BCUT2D eigenvalue weighted by atomic mass is 10.0. The van der Waals surface area contributed by atoms with E-state index in [9.17, 15) is 9.59 Å². The lowest BCUT2D eigenvalue weighted by molar-refractivity contribution is 0.290. The Bertz CT molecular complexity index is 1400. The summed E-state index contributed by atoms with van der Waals surface area (Å²) < 4.78 is 1.31. The Morgan fingerprint density at radius 3 is 2.65 bits per heavy atom. The smallest absolute Gasteiger partial charge is 0.307 e. The van der Waals surface area contributed by atoms with Crippen molar-refractivity contribution in [3.63, 3.8) is 0 Å². The zero-order valence-corrected chi connectivity index (χ0v) is 17.3. The first kappa shape index (κ1) is 19.5. The average Bonchev–Trinajstić information content (AvgIpc) is 2.81. The maximum atomic E-state index is 12.6. The molecule has 0 unspecified atom stereocenters. The molecular weight excluding hydrogens is 388 g/mol. The van der Waals surface area contributed by atoms with E-state index in [2.05, 4.69) is 34.2 Å². The number of nitrogens with zero attached hydrogens (tertiary/aromatic N) is 3. The number of para-hydroxylation sites is 2. The third-order valence-corrected chi connectivity index (χ3v) is 5.97. The van der Waals surface area contributed by atoms with Gasteiger partial charge in [0.25, 0.3) is 5.56 Å². The summed E-state index contributed by atoms with van der Waals surface area (Å²) in [7, 11) is 0. The van der Waals surface area contributed by atoms with Gasteiger partial charge in [-0.3, -0.25) is 14.3 Å². The van der Waals surface area contributed by atoms with Gasteiger partial charge in [0, 0.05) is 31.6 Å². The fraction of sp³-hybridized carbons (Fsp3) is 0.240. The second-order valence-electron chi connectivity index (χ2n) is 7.96. The van der Waals surface area contributed by atoms with E-state index in [1.165, 1.54) is 10.1 Å². The van der Waals surface area contributed by atoms with Crippen LogP contribution in [0.15, 0.2) is 76.3 Å². The van der Waals surface area contributed by atoms with Gasteiger partial charge in [0.2, 0.25) is 0 Å². The first-order valence-electron chi connectivity index (χ1n) is 10.7. The predicted molar refractivity (Wildman–Crippen MR) is 124 cm³/mol. The molecule has 3 heterocycles. The molecule has 0 bridgehead atoms. The molecule has 2 aromatic heterocycles. The standard InChI is InChI=1S/C25H24N4O2/c30-24-20-7-2-4-9-23(20)27-25(31)29(24)15-5-14-28-16-12-19(13-17-28)22-11-10-18-6-1-3-8-21(18)26-22/h1-4,6-12H,5,13-17H2,(H,27,31). The number of rotatable bonds is 5. The van der Waals surface area contributed by atoms with E-state index in [1.54, 1.807) is 12.1 Å². The number of benzene rings is 2. The van der Waals surface area contributed by atoms with E-state index in [4.69, 9.17) is 4.98 Å². The third kappa shape index (κ3) is 3.94. The minimum atomic E-state index is -0.341. The SMILES string of the molecule is O=c1[nH]c2ccccc2c(=O)n1CCCN1CC=C(c2ccc3ccccc3n2)CC1. The topological polar surface area (TPSA) is 71.0 Å². The van der Waals surface area contributed by atoms with Gasteiger partial charge in [0.15, 0.2) is 0 Å². The van der Waals surface area contributed by atoms with E-state index in [0.717, 1.165) is 49.1 Å². The zero-order valence-electron chi connectivity index (χ0n) is 17.3. The van der Waals surface area contributed by atoms with Crippen LogP contribution >= 0.6 is 0 Å². The van der Waals surface area contributed by atoms with Crippen molar-refractivity contribution in [1.29, 1.82) is 0 Å². The molecule has 156 valence electrons. The van der Waals surface area contributed by atoms with Crippen molar-refractivity contribution in [3.05, 3.63) is 93.3 Å². The van der Waals surface area contributed by atoms with Crippen LogP contribution in [0.1, 0.15) is 18.5 Å². The molecule has 2 aromatic carbocycles. The second-order valence-corrected chi connectivity index (χ2v) is 7.96. The maximum absolute atomic E-state index is 12.6. The number of aromatic amines is 1. The summed E-state index contributed by atoms with van der Waals surface area (Å²) in [4.78, 5) is 34.9. The molecule has 6 nitrogen and oxygen atoms in total. The van der Waals surface area contributed by atoms with E-state index >= 15 is 0 Å². The third-order valence-electron chi connectivity index (χ3n) is 5.97. The van der Waals surface area contributed by atoms with Crippen LogP contribution < -0.4 is 11.2 Å². The highest BCUT2D eigenvalue weighted by Gasteiger charge is 2.14. The van der Waals surface area contributed by atoms with Crippen LogP contribution in [0.2, 0.25) is 0 Å². The molecule has 6 heteroatoms. The average molecular weight is 412 g/mol. The van der Waals surface area contributed by atoms with Gasteiger partial charge in [0.05, 0.1) is 22.1 Å². The summed E-state index contributed by atoms with van der Waals surface area (Å²) in [5, 5.41) is 1.71. The lowest BCUT2D eigenvalue weighted by Crippen LogP contribution is -2.36. The summed E-state index contributed by atoms with van der Waals surface area (Å²) in [6.07, 6.45) is 3.94. The van der Waals surface area contributed by atoms with Crippen LogP contribution in [0.4, 0.5) is 0 Å². The van der Waals surface area contributed by atoms with Gasteiger partial charge in [-0.05, 0) is 42.7 Å². The van der Waals surface area contributed by atoms with Crippen molar-refractivity contribution in [1.82, 2.24) is 19.4 Å². The first-order valence-corrected chi connectivity index (χ1v) is 10.7. The molecule has 0 radical (unpaired) electrons. The highest BCUT2D eigenvalue weighted by Crippen LogP contribution is 2.23. The summed E-state index contributed by atoms with van der Waals surface area (Å²) in [6.45, 7) is 3.06. The molecule has 4 aromatic rings.